The summed E-state index contributed by atoms with van der Waals surface area (Å²) in [5.74, 6) is 0.0236. The number of aryl methyl sites for hydroxylation is 1. The number of pyridine rings is 1. The van der Waals surface area contributed by atoms with E-state index in [-0.39, 0.29) is 12.0 Å². The normalized spacial score (nSPS) is 16.4. The first-order chi connectivity index (χ1) is 10.0. The van der Waals surface area contributed by atoms with Crippen molar-refractivity contribution < 1.29 is 9.90 Å². The van der Waals surface area contributed by atoms with Crippen molar-refractivity contribution in [3.05, 3.63) is 40.0 Å². The van der Waals surface area contributed by atoms with Crippen molar-refractivity contribution in [2.45, 2.75) is 25.9 Å². The van der Waals surface area contributed by atoms with Crippen LogP contribution in [0.3, 0.4) is 0 Å². The zero-order valence-electron chi connectivity index (χ0n) is 11.8. The summed E-state index contributed by atoms with van der Waals surface area (Å²) >= 11 is 3.45. The molecule has 0 bridgehead atoms. The van der Waals surface area contributed by atoms with Crippen LogP contribution in [0.4, 0.5) is 0 Å². The maximum atomic E-state index is 12.8. The van der Waals surface area contributed by atoms with Crippen LogP contribution in [0.5, 0.6) is 0 Å². The van der Waals surface area contributed by atoms with Gasteiger partial charge in [0.05, 0.1) is 17.2 Å². The van der Waals surface area contributed by atoms with E-state index in [4.69, 9.17) is 0 Å². The molecule has 0 unspecified atom stereocenters. The number of carbonyl (C=O) groups excluding carboxylic acids is 1. The van der Waals surface area contributed by atoms with Gasteiger partial charge in [0.1, 0.15) is 0 Å². The molecular formula is C16H17BrN2O2. The molecule has 1 aliphatic heterocycles. The highest BCUT2D eigenvalue weighted by Gasteiger charge is 2.24. The van der Waals surface area contributed by atoms with Crippen molar-refractivity contribution in [1.82, 2.24) is 9.88 Å². The highest BCUT2D eigenvalue weighted by Crippen LogP contribution is 2.25. The topological polar surface area (TPSA) is 53.4 Å². The Labute approximate surface area is 131 Å². The molecule has 0 aliphatic carbocycles. The molecule has 4 nitrogen and oxygen atoms in total. The van der Waals surface area contributed by atoms with E-state index in [1.807, 2.05) is 36.1 Å². The predicted molar refractivity (Wildman–Crippen MR) is 85.3 cm³/mol. The summed E-state index contributed by atoms with van der Waals surface area (Å²) in [7, 11) is 0. The molecule has 2 aromatic rings. The number of likely N-dealkylation sites (tertiary alicyclic amines) is 1. The third-order valence-corrected chi connectivity index (χ3v) is 4.37. The van der Waals surface area contributed by atoms with Gasteiger partial charge in [0.15, 0.2) is 0 Å². The lowest BCUT2D eigenvalue weighted by atomic mass is 10.0. The fourth-order valence-corrected chi connectivity index (χ4v) is 3.11. The standard InChI is InChI=1S/C16H17BrN2O2/c1-10-8-14(13-9-11(17)2-3-15(13)18-10)16(21)19-6-4-12(20)5-7-19/h2-3,8-9,12,20H,4-7H2,1H3. The molecule has 21 heavy (non-hydrogen) atoms. The Morgan fingerprint density at radius 3 is 2.76 bits per heavy atom. The monoisotopic (exact) mass is 348 g/mol. The summed E-state index contributed by atoms with van der Waals surface area (Å²) in [4.78, 5) is 19.1. The van der Waals surface area contributed by atoms with Crippen LogP contribution >= 0.6 is 15.9 Å². The summed E-state index contributed by atoms with van der Waals surface area (Å²) in [6.07, 6.45) is 1.02. The molecule has 1 aromatic carbocycles. The molecule has 0 saturated carbocycles. The summed E-state index contributed by atoms with van der Waals surface area (Å²) in [5.41, 5.74) is 2.36. The molecule has 110 valence electrons. The Balaban J connectivity index is 2.02. The zero-order valence-corrected chi connectivity index (χ0v) is 13.4. The van der Waals surface area contributed by atoms with Crippen molar-refractivity contribution in [2.24, 2.45) is 0 Å². The maximum absolute atomic E-state index is 12.8. The van der Waals surface area contributed by atoms with E-state index in [1.54, 1.807) is 0 Å². The first kappa shape index (κ1) is 14.5. The maximum Gasteiger partial charge on any atom is 0.254 e. The summed E-state index contributed by atoms with van der Waals surface area (Å²) in [6, 6.07) is 7.64. The lowest BCUT2D eigenvalue weighted by Gasteiger charge is -2.30. The van der Waals surface area contributed by atoms with Crippen LogP contribution in [0.1, 0.15) is 28.9 Å². The second kappa shape index (κ2) is 5.73. The largest absolute Gasteiger partial charge is 0.393 e. The lowest BCUT2D eigenvalue weighted by molar-refractivity contribution is 0.0548. The van der Waals surface area contributed by atoms with Gasteiger partial charge in [-0.25, -0.2) is 0 Å². The first-order valence-electron chi connectivity index (χ1n) is 7.09. The van der Waals surface area contributed by atoms with Crippen LogP contribution in [0.15, 0.2) is 28.7 Å². The van der Waals surface area contributed by atoms with Gasteiger partial charge in [-0.3, -0.25) is 9.78 Å². The number of aliphatic hydroxyl groups is 1. The quantitative estimate of drug-likeness (QED) is 0.861. The van der Waals surface area contributed by atoms with Gasteiger partial charge in [-0.2, -0.15) is 0 Å². The molecule has 5 heteroatoms. The average Bonchev–Trinajstić information content (AvgIpc) is 2.47. The summed E-state index contributed by atoms with van der Waals surface area (Å²) in [5, 5.41) is 10.4. The number of benzene rings is 1. The molecule has 1 fully saturated rings. The van der Waals surface area contributed by atoms with Gasteiger partial charge in [0, 0.05) is 28.6 Å². The van der Waals surface area contributed by atoms with Gasteiger partial charge in [-0.15, -0.1) is 0 Å². The fraction of sp³-hybridized carbons (Fsp3) is 0.375. The molecule has 1 saturated heterocycles. The Kier molecular flexibility index (Phi) is 3.95. The predicted octanol–water partition coefficient (Wildman–Crippen LogP) is 2.90. The lowest BCUT2D eigenvalue weighted by Crippen LogP contribution is -2.40. The van der Waals surface area contributed by atoms with Crippen LogP contribution in [-0.4, -0.2) is 40.1 Å². The number of hydrogen-bond donors (Lipinski definition) is 1. The minimum absolute atomic E-state index is 0.0236. The summed E-state index contributed by atoms with van der Waals surface area (Å²) in [6.45, 7) is 3.12. The molecule has 0 atom stereocenters. The minimum atomic E-state index is -0.279. The smallest absolute Gasteiger partial charge is 0.254 e. The highest BCUT2D eigenvalue weighted by atomic mass is 79.9. The first-order valence-corrected chi connectivity index (χ1v) is 7.88. The number of fused-ring (bicyclic) bond motifs is 1. The molecule has 1 aliphatic rings. The third kappa shape index (κ3) is 2.94. The van der Waals surface area contributed by atoms with Crippen molar-refractivity contribution in [3.8, 4) is 0 Å². The number of amides is 1. The van der Waals surface area contributed by atoms with Crippen molar-refractivity contribution >= 4 is 32.7 Å². The number of aromatic nitrogens is 1. The highest BCUT2D eigenvalue weighted by molar-refractivity contribution is 9.10. The number of rotatable bonds is 1. The van der Waals surface area contributed by atoms with Gasteiger partial charge < -0.3 is 10.0 Å². The van der Waals surface area contributed by atoms with E-state index >= 15 is 0 Å². The molecule has 1 aromatic heterocycles. The number of aliphatic hydroxyl groups excluding tert-OH is 1. The zero-order chi connectivity index (χ0) is 15.0. The fourth-order valence-electron chi connectivity index (χ4n) is 2.75. The van der Waals surface area contributed by atoms with E-state index in [1.165, 1.54) is 0 Å². The Morgan fingerprint density at radius 1 is 1.33 bits per heavy atom. The molecule has 0 spiro atoms. The Morgan fingerprint density at radius 2 is 2.05 bits per heavy atom. The SMILES string of the molecule is Cc1cc(C(=O)N2CCC(O)CC2)c2cc(Br)ccc2n1. The second-order valence-electron chi connectivity index (χ2n) is 5.50. The number of carbonyl (C=O) groups is 1. The number of halogens is 1. The van der Waals surface area contributed by atoms with Crippen molar-refractivity contribution in [2.75, 3.05) is 13.1 Å². The Hall–Kier alpha value is -1.46. The molecular weight excluding hydrogens is 332 g/mol. The Bertz CT molecular complexity index is 694. The van der Waals surface area contributed by atoms with Crippen molar-refractivity contribution in [3.63, 3.8) is 0 Å². The number of piperidine rings is 1. The van der Waals surface area contributed by atoms with Crippen molar-refractivity contribution in [1.29, 1.82) is 0 Å². The van der Waals surface area contributed by atoms with Crippen LogP contribution < -0.4 is 0 Å². The van der Waals surface area contributed by atoms with E-state index < -0.39 is 0 Å². The van der Waals surface area contributed by atoms with Gasteiger partial charge in [-0.1, -0.05) is 15.9 Å². The minimum Gasteiger partial charge on any atom is -0.393 e. The van der Waals surface area contributed by atoms with Gasteiger partial charge >= 0.3 is 0 Å². The van der Waals surface area contributed by atoms with Crippen LogP contribution in [0.2, 0.25) is 0 Å². The molecule has 2 heterocycles. The van der Waals surface area contributed by atoms with E-state index in [2.05, 4.69) is 20.9 Å². The molecule has 1 N–H and O–H groups in total. The van der Waals surface area contributed by atoms with Gasteiger partial charge in [0.25, 0.3) is 5.91 Å². The second-order valence-corrected chi connectivity index (χ2v) is 6.41. The molecule has 3 rings (SSSR count). The van der Waals surface area contributed by atoms with E-state index in [0.29, 0.717) is 31.5 Å². The van der Waals surface area contributed by atoms with Crippen LogP contribution in [0, 0.1) is 6.92 Å². The van der Waals surface area contributed by atoms with Gasteiger partial charge in [0.2, 0.25) is 0 Å². The number of hydrogen-bond acceptors (Lipinski definition) is 3. The van der Waals surface area contributed by atoms with Crippen LogP contribution in [-0.2, 0) is 0 Å². The van der Waals surface area contributed by atoms with Gasteiger partial charge in [-0.05, 0) is 44.0 Å². The third-order valence-electron chi connectivity index (χ3n) is 3.88. The number of nitrogens with zero attached hydrogens (tertiary/aromatic N) is 2. The molecule has 0 radical (unpaired) electrons. The molecule has 1 amide bonds. The van der Waals surface area contributed by atoms with Crippen LogP contribution in [0.25, 0.3) is 10.9 Å². The summed E-state index contributed by atoms with van der Waals surface area (Å²) < 4.78 is 0.934. The van der Waals surface area contributed by atoms with E-state index in [0.717, 1.165) is 21.1 Å². The van der Waals surface area contributed by atoms with E-state index in [9.17, 15) is 9.90 Å². The average molecular weight is 349 g/mol.